The molecular weight excluding hydrogens is 236 g/mol. The molecule has 1 atom stereocenters. The van der Waals surface area contributed by atoms with Gasteiger partial charge in [0.05, 0.1) is 0 Å². The lowest BCUT2D eigenvalue weighted by atomic mass is 10.3. The minimum atomic E-state index is -0.500. The molecule has 0 spiro atoms. The number of hydrogen-bond acceptors (Lipinski definition) is 5. The van der Waals surface area contributed by atoms with Gasteiger partial charge in [-0.25, -0.2) is 0 Å². The number of carbonyl (C=O) groups excluding carboxylic acids is 1. The Bertz CT molecular complexity index is 436. The third kappa shape index (κ3) is 2.84. The molecule has 1 aliphatic heterocycles. The first-order valence-electron chi connectivity index (χ1n) is 5.76. The zero-order valence-electron chi connectivity index (χ0n) is 10.1. The molecule has 18 heavy (non-hydrogen) atoms. The summed E-state index contributed by atoms with van der Waals surface area (Å²) in [5, 5.41) is 2.95. The average molecular weight is 252 g/mol. The van der Waals surface area contributed by atoms with Crippen LogP contribution in [0.5, 0.6) is 17.2 Å². The fourth-order valence-electron chi connectivity index (χ4n) is 1.63. The smallest absolute Gasteiger partial charge is 0.238 e. The molecule has 1 heterocycles. The van der Waals surface area contributed by atoms with Crippen LogP contribution in [0.3, 0.4) is 0 Å². The van der Waals surface area contributed by atoms with Gasteiger partial charge in [-0.2, -0.15) is 0 Å². The summed E-state index contributed by atoms with van der Waals surface area (Å²) in [6, 6.07) is 4.76. The topological polar surface area (TPSA) is 82.8 Å². The van der Waals surface area contributed by atoms with Crippen LogP contribution in [-0.2, 0) is 4.79 Å². The minimum absolute atomic E-state index is 0.183. The predicted molar refractivity (Wildman–Crippen MR) is 64.7 cm³/mol. The van der Waals surface area contributed by atoms with Crippen LogP contribution in [0.4, 0.5) is 0 Å². The lowest BCUT2D eigenvalue weighted by Crippen LogP contribution is -2.45. The maximum Gasteiger partial charge on any atom is 0.238 e. The number of nitrogens with two attached hydrogens (primary N) is 1. The molecule has 1 unspecified atom stereocenters. The number of nitrogens with one attached hydrogen (secondary N) is 1. The highest BCUT2D eigenvalue weighted by Gasteiger charge is 2.17. The van der Waals surface area contributed by atoms with E-state index in [9.17, 15) is 4.79 Å². The van der Waals surface area contributed by atoms with Gasteiger partial charge in [-0.1, -0.05) is 6.92 Å². The second kappa shape index (κ2) is 5.59. The van der Waals surface area contributed by atoms with E-state index in [4.69, 9.17) is 19.9 Å². The number of ether oxygens (including phenoxy) is 3. The third-order valence-corrected chi connectivity index (χ3v) is 2.55. The van der Waals surface area contributed by atoms with Crippen molar-refractivity contribution in [2.45, 2.75) is 13.0 Å². The molecule has 1 amide bonds. The second-order valence-corrected chi connectivity index (χ2v) is 3.84. The molecule has 0 fully saturated rings. The van der Waals surface area contributed by atoms with Crippen LogP contribution in [0.2, 0.25) is 0 Å². The minimum Gasteiger partial charge on any atom is -0.491 e. The Morgan fingerprint density at radius 1 is 1.50 bits per heavy atom. The Morgan fingerprint density at radius 3 is 3.00 bits per heavy atom. The monoisotopic (exact) mass is 252 g/mol. The standard InChI is InChI=1S/C12H16N2O4/c1-2-14-9(12(13)15)6-16-8-3-4-10-11(5-8)18-7-17-10/h3-5,9,14H,2,6-7H2,1H3,(H2,13,15). The highest BCUT2D eigenvalue weighted by molar-refractivity contribution is 5.80. The molecule has 1 aromatic rings. The van der Waals surface area contributed by atoms with Crippen molar-refractivity contribution in [3.63, 3.8) is 0 Å². The first kappa shape index (κ1) is 12.5. The Labute approximate surface area is 105 Å². The molecule has 0 saturated carbocycles. The number of carbonyl (C=O) groups is 1. The predicted octanol–water partition coefficient (Wildman–Crippen LogP) is 0.258. The molecule has 6 nitrogen and oxygen atoms in total. The fraction of sp³-hybridized carbons (Fsp3) is 0.417. The van der Waals surface area contributed by atoms with Gasteiger partial charge in [-0.15, -0.1) is 0 Å². The number of amides is 1. The third-order valence-electron chi connectivity index (χ3n) is 2.55. The van der Waals surface area contributed by atoms with E-state index >= 15 is 0 Å². The van der Waals surface area contributed by atoms with E-state index in [0.29, 0.717) is 23.8 Å². The Hall–Kier alpha value is -1.95. The van der Waals surface area contributed by atoms with Gasteiger partial charge in [0.25, 0.3) is 0 Å². The molecule has 2 rings (SSSR count). The van der Waals surface area contributed by atoms with Crippen LogP contribution in [0.1, 0.15) is 6.92 Å². The zero-order chi connectivity index (χ0) is 13.0. The van der Waals surface area contributed by atoms with Gasteiger partial charge in [-0.05, 0) is 18.7 Å². The van der Waals surface area contributed by atoms with E-state index in [0.717, 1.165) is 0 Å². The van der Waals surface area contributed by atoms with Crippen LogP contribution in [0.25, 0.3) is 0 Å². The Balaban J connectivity index is 1.95. The molecular formula is C12H16N2O4. The van der Waals surface area contributed by atoms with Crippen molar-refractivity contribution < 1.29 is 19.0 Å². The van der Waals surface area contributed by atoms with Gasteiger partial charge in [0.2, 0.25) is 12.7 Å². The molecule has 1 aromatic carbocycles. The number of fused-ring (bicyclic) bond motifs is 1. The van der Waals surface area contributed by atoms with Gasteiger partial charge in [0.15, 0.2) is 11.5 Å². The van der Waals surface area contributed by atoms with Gasteiger partial charge < -0.3 is 25.3 Å². The van der Waals surface area contributed by atoms with E-state index in [1.807, 2.05) is 6.92 Å². The van der Waals surface area contributed by atoms with Crippen molar-refractivity contribution in [2.24, 2.45) is 5.73 Å². The van der Waals surface area contributed by atoms with E-state index in [2.05, 4.69) is 5.32 Å². The van der Waals surface area contributed by atoms with E-state index in [1.54, 1.807) is 18.2 Å². The number of rotatable bonds is 6. The normalized spacial score (nSPS) is 14.3. The zero-order valence-corrected chi connectivity index (χ0v) is 10.1. The highest BCUT2D eigenvalue weighted by atomic mass is 16.7. The first-order valence-corrected chi connectivity index (χ1v) is 5.76. The van der Waals surface area contributed by atoms with Crippen LogP contribution in [0, 0.1) is 0 Å². The molecule has 0 saturated heterocycles. The summed E-state index contributed by atoms with van der Waals surface area (Å²) >= 11 is 0. The van der Waals surface area contributed by atoms with Crippen molar-refractivity contribution in [1.29, 1.82) is 0 Å². The van der Waals surface area contributed by atoms with E-state index < -0.39 is 11.9 Å². The van der Waals surface area contributed by atoms with Crippen molar-refractivity contribution >= 4 is 5.91 Å². The summed E-state index contributed by atoms with van der Waals surface area (Å²) < 4.78 is 15.9. The van der Waals surface area contributed by atoms with Crippen molar-refractivity contribution in [1.82, 2.24) is 5.32 Å². The molecule has 1 aliphatic rings. The number of likely N-dealkylation sites (N-methyl/N-ethyl adjacent to an activating group) is 1. The molecule has 6 heteroatoms. The average Bonchev–Trinajstić information content (AvgIpc) is 2.81. The molecule has 0 aromatic heterocycles. The first-order chi connectivity index (χ1) is 8.70. The van der Waals surface area contributed by atoms with Gasteiger partial charge in [0.1, 0.15) is 18.4 Å². The fourth-order valence-corrected chi connectivity index (χ4v) is 1.63. The summed E-state index contributed by atoms with van der Waals surface area (Å²) in [4.78, 5) is 11.1. The quantitative estimate of drug-likeness (QED) is 0.758. The van der Waals surface area contributed by atoms with Crippen LogP contribution in [-0.4, -0.2) is 31.9 Å². The molecule has 98 valence electrons. The number of benzene rings is 1. The summed E-state index contributed by atoms with van der Waals surface area (Å²) in [6.07, 6.45) is 0. The van der Waals surface area contributed by atoms with Gasteiger partial charge in [0, 0.05) is 6.07 Å². The maximum atomic E-state index is 11.1. The lowest BCUT2D eigenvalue weighted by molar-refractivity contribution is -0.120. The molecule has 0 radical (unpaired) electrons. The van der Waals surface area contributed by atoms with Crippen LogP contribution in [0.15, 0.2) is 18.2 Å². The van der Waals surface area contributed by atoms with Crippen molar-refractivity contribution in [3.05, 3.63) is 18.2 Å². The molecule has 3 N–H and O–H groups in total. The maximum absolute atomic E-state index is 11.1. The summed E-state index contributed by atoms with van der Waals surface area (Å²) in [5.41, 5.74) is 5.25. The number of primary amides is 1. The lowest BCUT2D eigenvalue weighted by Gasteiger charge is -2.15. The van der Waals surface area contributed by atoms with Crippen molar-refractivity contribution in [2.75, 3.05) is 19.9 Å². The van der Waals surface area contributed by atoms with Crippen LogP contribution < -0.4 is 25.3 Å². The Morgan fingerprint density at radius 2 is 2.28 bits per heavy atom. The van der Waals surface area contributed by atoms with Gasteiger partial charge in [-0.3, -0.25) is 4.79 Å². The van der Waals surface area contributed by atoms with Crippen LogP contribution >= 0.6 is 0 Å². The highest BCUT2D eigenvalue weighted by Crippen LogP contribution is 2.35. The molecule has 0 bridgehead atoms. The van der Waals surface area contributed by atoms with Crippen molar-refractivity contribution in [3.8, 4) is 17.2 Å². The number of hydrogen-bond donors (Lipinski definition) is 2. The van der Waals surface area contributed by atoms with E-state index in [-0.39, 0.29) is 13.4 Å². The SMILES string of the molecule is CCNC(COc1ccc2c(c1)OCO2)C(N)=O. The second-order valence-electron chi connectivity index (χ2n) is 3.84. The molecule has 0 aliphatic carbocycles. The largest absolute Gasteiger partial charge is 0.491 e. The summed E-state index contributed by atoms with van der Waals surface area (Å²) in [7, 11) is 0. The summed E-state index contributed by atoms with van der Waals surface area (Å²) in [6.45, 7) is 2.96. The Kier molecular flexibility index (Phi) is 3.88. The van der Waals surface area contributed by atoms with E-state index in [1.165, 1.54) is 0 Å². The van der Waals surface area contributed by atoms with Gasteiger partial charge >= 0.3 is 0 Å². The summed E-state index contributed by atoms with van der Waals surface area (Å²) in [5.74, 6) is 1.52.